The van der Waals surface area contributed by atoms with Gasteiger partial charge in [0.1, 0.15) is 24.3 Å². The van der Waals surface area contributed by atoms with Gasteiger partial charge in [-0.2, -0.15) is 0 Å². The maximum atomic E-state index is 10.8. The molecule has 0 heterocycles. The van der Waals surface area contributed by atoms with E-state index in [-0.39, 0.29) is 13.2 Å². The Labute approximate surface area is 283 Å². The Morgan fingerprint density at radius 3 is 1.13 bits per heavy atom. The summed E-state index contributed by atoms with van der Waals surface area (Å²) < 4.78 is 0. The molecule has 6 heteroatoms. The average Bonchev–Trinajstić information content (AvgIpc) is 3.07. The van der Waals surface area contributed by atoms with E-state index in [2.05, 4.69) is 61.2 Å². The predicted octanol–water partition coefficient (Wildman–Crippen LogP) is 6.76. The Balaban J connectivity index is 3.24. The SMILES string of the molecule is CCCCCCN(CCCCCC)[C@H](C#Cc1cccc(C#C[C@H]([C@H](O)CO)N(CCCCCC)CCCCCC)c1)[C@H](O)CO. The summed E-state index contributed by atoms with van der Waals surface area (Å²) in [6.07, 6.45) is 16.4. The standard InChI is InChI=1S/C40H68N2O4/c1-5-9-13-17-28-41(29-18-14-10-6-2)37(39(45)33-43)26-24-35-22-21-23-36(32-35)25-27-38(40(46)34-44)42(30-19-15-11-7-3)31-20-16-12-8-4/h21-23,32,37-40,43-46H,5-20,28-31,33-34H2,1-4H3/t37-,38-,39-,40-/m1/s1. The predicted molar refractivity (Wildman–Crippen MR) is 194 cm³/mol. The molecule has 0 saturated heterocycles. The number of aliphatic hydroxyl groups is 4. The molecule has 0 aliphatic rings. The molecular weight excluding hydrogens is 572 g/mol. The van der Waals surface area contributed by atoms with Crippen molar-refractivity contribution in [1.29, 1.82) is 0 Å². The molecule has 1 aromatic carbocycles. The van der Waals surface area contributed by atoms with E-state index in [0.717, 1.165) is 88.7 Å². The lowest BCUT2D eigenvalue weighted by Crippen LogP contribution is -2.45. The van der Waals surface area contributed by atoms with Crippen molar-refractivity contribution in [2.24, 2.45) is 0 Å². The molecule has 1 aromatic rings. The number of aliphatic hydroxyl groups excluding tert-OH is 4. The van der Waals surface area contributed by atoms with Crippen LogP contribution in [-0.2, 0) is 0 Å². The number of hydrogen-bond donors (Lipinski definition) is 4. The summed E-state index contributed by atoms with van der Waals surface area (Å²) in [6, 6.07) is 6.89. The number of benzene rings is 1. The lowest BCUT2D eigenvalue weighted by atomic mass is 10.0. The topological polar surface area (TPSA) is 87.4 Å². The van der Waals surface area contributed by atoms with E-state index in [9.17, 15) is 20.4 Å². The van der Waals surface area contributed by atoms with Crippen molar-refractivity contribution in [3.63, 3.8) is 0 Å². The molecule has 46 heavy (non-hydrogen) atoms. The first kappa shape index (κ1) is 42.1. The molecule has 262 valence electrons. The first-order valence-electron chi connectivity index (χ1n) is 18.6. The molecular formula is C40H68N2O4. The van der Waals surface area contributed by atoms with E-state index in [0.29, 0.717) is 0 Å². The van der Waals surface area contributed by atoms with Crippen LogP contribution in [0.1, 0.15) is 142 Å². The molecule has 0 bridgehead atoms. The highest BCUT2D eigenvalue weighted by Crippen LogP contribution is 2.14. The third kappa shape index (κ3) is 18.4. The van der Waals surface area contributed by atoms with Crippen LogP contribution in [0.5, 0.6) is 0 Å². The van der Waals surface area contributed by atoms with E-state index in [1.54, 1.807) is 0 Å². The lowest BCUT2D eigenvalue weighted by molar-refractivity contribution is 0.0320. The van der Waals surface area contributed by atoms with Crippen LogP contribution in [0.15, 0.2) is 24.3 Å². The summed E-state index contributed by atoms with van der Waals surface area (Å²) in [6.45, 7) is 11.6. The second kappa shape index (κ2) is 28.1. The summed E-state index contributed by atoms with van der Waals surface area (Å²) in [5.41, 5.74) is 1.60. The molecule has 0 saturated carbocycles. The van der Waals surface area contributed by atoms with Gasteiger partial charge in [-0.3, -0.25) is 9.80 Å². The fourth-order valence-electron chi connectivity index (χ4n) is 5.80. The van der Waals surface area contributed by atoms with E-state index in [4.69, 9.17) is 0 Å². The van der Waals surface area contributed by atoms with Crippen molar-refractivity contribution in [2.75, 3.05) is 39.4 Å². The summed E-state index contributed by atoms with van der Waals surface area (Å²) in [5.74, 6) is 13.2. The number of nitrogens with zero attached hydrogens (tertiary/aromatic N) is 2. The zero-order valence-electron chi connectivity index (χ0n) is 29.9. The molecule has 6 nitrogen and oxygen atoms in total. The smallest absolute Gasteiger partial charge is 0.104 e. The number of unbranched alkanes of at least 4 members (excludes halogenated alkanes) is 12. The van der Waals surface area contributed by atoms with Crippen molar-refractivity contribution in [3.8, 4) is 23.7 Å². The van der Waals surface area contributed by atoms with Gasteiger partial charge in [0, 0.05) is 11.1 Å². The van der Waals surface area contributed by atoms with Crippen molar-refractivity contribution < 1.29 is 20.4 Å². The highest BCUT2D eigenvalue weighted by atomic mass is 16.3. The van der Waals surface area contributed by atoms with Crippen LogP contribution >= 0.6 is 0 Å². The van der Waals surface area contributed by atoms with Gasteiger partial charge in [-0.15, -0.1) is 0 Å². The van der Waals surface area contributed by atoms with Crippen LogP contribution in [0.25, 0.3) is 0 Å². The van der Waals surface area contributed by atoms with Crippen LogP contribution < -0.4 is 0 Å². The minimum Gasteiger partial charge on any atom is -0.394 e. The molecule has 0 fully saturated rings. The maximum Gasteiger partial charge on any atom is 0.104 e. The van der Waals surface area contributed by atoms with Crippen molar-refractivity contribution in [1.82, 2.24) is 9.80 Å². The van der Waals surface area contributed by atoms with Gasteiger partial charge >= 0.3 is 0 Å². The summed E-state index contributed by atoms with van der Waals surface area (Å²) in [7, 11) is 0. The van der Waals surface area contributed by atoms with Crippen molar-refractivity contribution in [2.45, 2.75) is 155 Å². The van der Waals surface area contributed by atoms with Gasteiger partial charge in [0.2, 0.25) is 0 Å². The van der Waals surface area contributed by atoms with Gasteiger partial charge in [-0.05, 0) is 70.1 Å². The molecule has 0 aliphatic heterocycles. The zero-order chi connectivity index (χ0) is 33.8. The van der Waals surface area contributed by atoms with Crippen LogP contribution in [-0.4, -0.2) is 93.9 Å². The van der Waals surface area contributed by atoms with Gasteiger partial charge in [-0.1, -0.05) is 134 Å². The highest BCUT2D eigenvalue weighted by molar-refractivity contribution is 5.44. The van der Waals surface area contributed by atoms with E-state index in [1.165, 1.54) is 51.4 Å². The first-order chi connectivity index (χ1) is 22.4. The molecule has 0 radical (unpaired) electrons. The molecule has 0 spiro atoms. The van der Waals surface area contributed by atoms with E-state index >= 15 is 0 Å². The van der Waals surface area contributed by atoms with E-state index < -0.39 is 24.3 Å². The van der Waals surface area contributed by atoms with Crippen LogP contribution in [0.4, 0.5) is 0 Å². The van der Waals surface area contributed by atoms with Crippen LogP contribution in [0, 0.1) is 23.7 Å². The Morgan fingerprint density at radius 2 is 0.848 bits per heavy atom. The Kier molecular flexibility index (Phi) is 25.8. The molecule has 0 aromatic heterocycles. The summed E-state index contributed by atoms with van der Waals surface area (Å²) in [5, 5.41) is 41.4. The lowest BCUT2D eigenvalue weighted by Gasteiger charge is -2.31. The summed E-state index contributed by atoms with van der Waals surface area (Å²) in [4.78, 5) is 4.53. The van der Waals surface area contributed by atoms with Crippen molar-refractivity contribution in [3.05, 3.63) is 35.4 Å². The number of rotatable bonds is 26. The Hall–Kier alpha value is -1.90. The van der Waals surface area contributed by atoms with E-state index in [1.807, 2.05) is 24.3 Å². The van der Waals surface area contributed by atoms with Gasteiger partial charge in [-0.25, -0.2) is 0 Å². The molecule has 0 unspecified atom stereocenters. The zero-order valence-corrected chi connectivity index (χ0v) is 29.9. The van der Waals surface area contributed by atoms with Crippen LogP contribution in [0.3, 0.4) is 0 Å². The third-order valence-electron chi connectivity index (χ3n) is 8.68. The van der Waals surface area contributed by atoms with Crippen LogP contribution in [0.2, 0.25) is 0 Å². The quantitative estimate of drug-likeness (QED) is 0.0662. The Bertz CT molecular complexity index is 895. The summed E-state index contributed by atoms with van der Waals surface area (Å²) >= 11 is 0. The van der Waals surface area contributed by atoms with Gasteiger partial charge < -0.3 is 20.4 Å². The molecule has 0 amide bonds. The van der Waals surface area contributed by atoms with Gasteiger partial charge in [0.25, 0.3) is 0 Å². The highest BCUT2D eigenvalue weighted by Gasteiger charge is 2.24. The average molecular weight is 641 g/mol. The number of hydrogen-bond acceptors (Lipinski definition) is 6. The minimum absolute atomic E-state index is 0.326. The first-order valence-corrected chi connectivity index (χ1v) is 18.6. The molecule has 4 atom stereocenters. The minimum atomic E-state index is -0.936. The van der Waals surface area contributed by atoms with Gasteiger partial charge in [0.05, 0.1) is 13.2 Å². The fraction of sp³-hybridized carbons (Fsp3) is 0.750. The monoisotopic (exact) mass is 641 g/mol. The van der Waals surface area contributed by atoms with Crippen molar-refractivity contribution >= 4 is 0 Å². The second-order valence-corrected chi connectivity index (χ2v) is 12.8. The third-order valence-corrected chi connectivity index (χ3v) is 8.68. The second-order valence-electron chi connectivity index (χ2n) is 12.8. The molecule has 1 rings (SSSR count). The van der Waals surface area contributed by atoms with Gasteiger partial charge in [0.15, 0.2) is 0 Å². The molecule has 0 aliphatic carbocycles. The normalized spacial score (nSPS) is 14.0. The largest absolute Gasteiger partial charge is 0.394 e. The fourth-order valence-corrected chi connectivity index (χ4v) is 5.80. The molecule has 4 N–H and O–H groups in total. The maximum absolute atomic E-state index is 10.8. The Morgan fingerprint density at radius 1 is 0.522 bits per heavy atom.